The van der Waals surface area contributed by atoms with E-state index >= 15 is 0 Å². The number of hydrogen-bond acceptors (Lipinski definition) is 3. The molecule has 0 aromatic carbocycles. The molecule has 0 fully saturated rings. The van der Waals surface area contributed by atoms with Gasteiger partial charge in [-0.2, -0.15) is 0 Å². The van der Waals surface area contributed by atoms with Crippen molar-refractivity contribution in [1.82, 2.24) is 10.3 Å². The first-order valence-corrected chi connectivity index (χ1v) is 8.75. The minimum absolute atomic E-state index is 0.462. The zero-order chi connectivity index (χ0) is 14.1. The summed E-state index contributed by atoms with van der Waals surface area (Å²) in [5, 5.41) is 7.09. The maximum absolute atomic E-state index is 4.80. The van der Waals surface area contributed by atoms with Crippen molar-refractivity contribution in [2.75, 3.05) is 6.54 Å². The number of aromatic nitrogens is 1. The first-order chi connectivity index (χ1) is 9.19. The Labute approximate surface area is 123 Å². The van der Waals surface area contributed by atoms with Gasteiger partial charge in [-0.25, -0.2) is 4.98 Å². The predicted octanol–water partition coefficient (Wildman–Crippen LogP) is 5.28. The maximum Gasteiger partial charge on any atom is 0.110 e. The lowest BCUT2D eigenvalue weighted by Gasteiger charge is -2.15. The maximum atomic E-state index is 4.80. The first-order valence-electron chi connectivity index (χ1n) is 7.87. The summed E-state index contributed by atoms with van der Waals surface area (Å²) in [6.07, 6.45) is 7.97. The Bertz CT molecular complexity index is 333. The van der Waals surface area contributed by atoms with E-state index in [1.807, 2.05) is 11.3 Å². The van der Waals surface area contributed by atoms with E-state index < -0.39 is 0 Å². The van der Waals surface area contributed by atoms with Gasteiger partial charge in [0.15, 0.2) is 0 Å². The molecule has 0 aliphatic heterocycles. The Kier molecular flexibility index (Phi) is 8.31. The van der Waals surface area contributed by atoms with Crippen LogP contribution >= 0.6 is 11.3 Å². The average Bonchev–Trinajstić information content (AvgIpc) is 2.87. The molecular formula is C16H30N2S. The molecule has 0 saturated carbocycles. The number of nitrogens with one attached hydrogen (secondary N) is 1. The molecule has 1 aromatic rings. The van der Waals surface area contributed by atoms with Crippen LogP contribution in [0.1, 0.15) is 88.9 Å². The summed E-state index contributed by atoms with van der Waals surface area (Å²) in [6, 6.07) is 0.462. The summed E-state index contributed by atoms with van der Waals surface area (Å²) in [5.41, 5.74) is 1.24. The lowest BCUT2D eigenvalue weighted by Crippen LogP contribution is -2.20. The molecule has 1 rings (SSSR count). The molecule has 19 heavy (non-hydrogen) atoms. The molecule has 0 amide bonds. The van der Waals surface area contributed by atoms with Crippen molar-refractivity contribution < 1.29 is 0 Å². The van der Waals surface area contributed by atoms with Crippen molar-refractivity contribution in [3.63, 3.8) is 0 Å². The van der Waals surface area contributed by atoms with Crippen molar-refractivity contribution in [3.05, 3.63) is 16.1 Å². The van der Waals surface area contributed by atoms with Crippen LogP contribution in [0.3, 0.4) is 0 Å². The highest BCUT2D eigenvalue weighted by Crippen LogP contribution is 2.26. The van der Waals surface area contributed by atoms with Gasteiger partial charge in [0.25, 0.3) is 0 Å². The molecule has 0 bridgehead atoms. The van der Waals surface area contributed by atoms with Crippen LogP contribution in [-0.4, -0.2) is 11.5 Å². The fourth-order valence-electron chi connectivity index (χ4n) is 2.24. The van der Waals surface area contributed by atoms with E-state index in [0.29, 0.717) is 12.0 Å². The van der Waals surface area contributed by atoms with E-state index in [1.165, 1.54) is 49.2 Å². The van der Waals surface area contributed by atoms with Gasteiger partial charge in [0, 0.05) is 5.38 Å². The molecule has 110 valence electrons. The normalized spacial score (nSPS) is 13.1. The van der Waals surface area contributed by atoms with Gasteiger partial charge in [-0.3, -0.25) is 0 Å². The van der Waals surface area contributed by atoms with Gasteiger partial charge >= 0.3 is 0 Å². The lowest BCUT2D eigenvalue weighted by molar-refractivity contribution is 0.476. The molecule has 1 atom stereocenters. The zero-order valence-electron chi connectivity index (χ0n) is 13.0. The van der Waals surface area contributed by atoms with E-state index in [2.05, 4.69) is 38.4 Å². The van der Waals surface area contributed by atoms with Crippen molar-refractivity contribution in [2.45, 2.75) is 78.2 Å². The Morgan fingerprint density at radius 2 is 1.89 bits per heavy atom. The topological polar surface area (TPSA) is 24.9 Å². The quantitative estimate of drug-likeness (QED) is 0.591. The summed E-state index contributed by atoms with van der Waals surface area (Å²) in [5.74, 6) is 0.539. The smallest absolute Gasteiger partial charge is 0.110 e. The lowest BCUT2D eigenvalue weighted by atomic mass is 10.1. The van der Waals surface area contributed by atoms with Crippen LogP contribution in [0.2, 0.25) is 0 Å². The molecule has 0 spiro atoms. The van der Waals surface area contributed by atoms with Crippen LogP contribution in [0.15, 0.2) is 5.38 Å². The third-order valence-electron chi connectivity index (χ3n) is 3.48. The molecule has 1 unspecified atom stereocenters. The first kappa shape index (κ1) is 16.6. The third-order valence-corrected chi connectivity index (χ3v) is 4.45. The highest BCUT2D eigenvalue weighted by atomic mass is 32.1. The van der Waals surface area contributed by atoms with E-state index in [0.717, 1.165) is 6.54 Å². The molecule has 1 aromatic heterocycles. The Hall–Kier alpha value is -0.410. The van der Waals surface area contributed by atoms with Crippen molar-refractivity contribution >= 4 is 11.3 Å². The molecule has 1 heterocycles. The van der Waals surface area contributed by atoms with Crippen molar-refractivity contribution in [2.24, 2.45) is 0 Å². The zero-order valence-corrected chi connectivity index (χ0v) is 13.9. The number of nitrogens with zero attached hydrogens (tertiary/aromatic N) is 1. The van der Waals surface area contributed by atoms with Crippen LogP contribution in [0, 0.1) is 0 Å². The minimum atomic E-state index is 0.462. The Balaban J connectivity index is 2.46. The van der Waals surface area contributed by atoms with E-state index in [4.69, 9.17) is 4.98 Å². The second-order valence-electron chi connectivity index (χ2n) is 5.58. The van der Waals surface area contributed by atoms with Crippen LogP contribution in [0.5, 0.6) is 0 Å². The van der Waals surface area contributed by atoms with Gasteiger partial charge in [-0.05, 0) is 18.9 Å². The summed E-state index contributed by atoms with van der Waals surface area (Å²) < 4.78 is 0. The number of unbranched alkanes of at least 4 members (excludes halogenated alkanes) is 4. The number of rotatable bonds is 10. The number of thiazole rings is 1. The predicted molar refractivity (Wildman–Crippen MR) is 86.0 cm³/mol. The van der Waals surface area contributed by atoms with Crippen LogP contribution in [0.4, 0.5) is 0 Å². The molecule has 0 radical (unpaired) electrons. The number of hydrogen-bond donors (Lipinski definition) is 1. The molecular weight excluding hydrogens is 252 g/mol. The monoisotopic (exact) mass is 282 g/mol. The third kappa shape index (κ3) is 6.05. The highest BCUT2D eigenvalue weighted by Gasteiger charge is 2.15. The van der Waals surface area contributed by atoms with E-state index in [9.17, 15) is 0 Å². The van der Waals surface area contributed by atoms with Gasteiger partial charge in [0.05, 0.1) is 11.7 Å². The van der Waals surface area contributed by atoms with Crippen molar-refractivity contribution in [1.29, 1.82) is 0 Å². The SMILES string of the molecule is CCCCCCCC(NCC)c1nc(C(C)C)cs1. The molecule has 0 saturated heterocycles. The van der Waals surface area contributed by atoms with Crippen molar-refractivity contribution in [3.8, 4) is 0 Å². The summed E-state index contributed by atoms with van der Waals surface area (Å²) in [7, 11) is 0. The van der Waals surface area contributed by atoms with Gasteiger partial charge in [-0.15, -0.1) is 11.3 Å². The Morgan fingerprint density at radius 1 is 1.16 bits per heavy atom. The summed E-state index contributed by atoms with van der Waals surface area (Å²) in [4.78, 5) is 4.80. The minimum Gasteiger partial charge on any atom is -0.308 e. The average molecular weight is 282 g/mol. The van der Waals surface area contributed by atoms with Gasteiger partial charge < -0.3 is 5.32 Å². The van der Waals surface area contributed by atoms with E-state index in [1.54, 1.807) is 0 Å². The Morgan fingerprint density at radius 3 is 2.47 bits per heavy atom. The fourth-order valence-corrected chi connectivity index (χ4v) is 3.33. The molecule has 1 N–H and O–H groups in total. The summed E-state index contributed by atoms with van der Waals surface area (Å²) in [6.45, 7) is 9.90. The van der Waals surface area contributed by atoms with Crippen LogP contribution < -0.4 is 5.32 Å². The van der Waals surface area contributed by atoms with E-state index in [-0.39, 0.29) is 0 Å². The second-order valence-corrected chi connectivity index (χ2v) is 6.47. The molecule has 2 nitrogen and oxygen atoms in total. The molecule has 0 aliphatic carbocycles. The standard InChI is InChI=1S/C16H30N2S/c1-5-7-8-9-10-11-14(17-6-2)16-18-15(12-19-16)13(3)4/h12-14,17H,5-11H2,1-4H3. The van der Waals surface area contributed by atoms with Gasteiger partial charge in [-0.1, -0.05) is 59.8 Å². The molecule has 3 heteroatoms. The highest BCUT2D eigenvalue weighted by molar-refractivity contribution is 7.09. The largest absolute Gasteiger partial charge is 0.308 e. The van der Waals surface area contributed by atoms with Crippen LogP contribution in [0.25, 0.3) is 0 Å². The second kappa shape index (κ2) is 9.49. The van der Waals surface area contributed by atoms with Gasteiger partial charge in [0.1, 0.15) is 5.01 Å². The molecule has 0 aliphatic rings. The summed E-state index contributed by atoms with van der Waals surface area (Å²) >= 11 is 1.82. The fraction of sp³-hybridized carbons (Fsp3) is 0.812. The van der Waals surface area contributed by atoms with Gasteiger partial charge in [0.2, 0.25) is 0 Å². The van der Waals surface area contributed by atoms with Crippen LogP contribution in [-0.2, 0) is 0 Å².